The summed E-state index contributed by atoms with van der Waals surface area (Å²) < 4.78 is 13.8. The van der Waals surface area contributed by atoms with Crippen LogP contribution in [0.3, 0.4) is 0 Å². The molecule has 9 nitrogen and oxygen atoms in total. The highest BCUT2D eigenvalue weighted by atomic mass is 19.1. The summed E-state index contributed by atoms with van der Waals surface area (Å²) in [4.78, 5) is 26.3. The Balaban J connectivity index is 1.49. The number of hydrogen-bond donors (Lipinski definition) is 5. The van der Waals surface area contributed by atoms with Crippen LogP contribution in [0, 0.1) is 11.7 Å². The SMILES string of the molecule is CC(C)Nc1nc(NC2CCC(NC(=O)N[C@@H](CO)C(C)C)CC2)c2cc(-c3cccc(F)c3)cnc2n1. The number of benzene rings is 1. The molecule has 1 aliphatic rings. The first-order valence-corrected chi connectivity index (χ1v) is 13.4. The third-order valence-corrected chi connectivity index (χ3v) is 6.85. The molecule has 1 saturated carbocycles. The Bertz CT molecular complexity index is 1250. The fraction of sp³-hybridized carbons (Fsp3) is 0.500. The van der Waals surface area contributed by atoms with Crippen molar-refractivity contribution in [1.29, 1.82) is 0 Å². The maximum absolute atomic E-state index is 13.8. The van der Waals surface area contributed by atoms with Crippen LogP contribution in [0.15, 0.2) is 36.5 Å². The van der Waals surface area contributed by atoms with Crippen LogP contribution in [-0.4, -0.2) is 56.9 Å². The van der Waals surface area contributed by atoms with E-state index in [4.69, 9.17) is 4.98 Å². The van der Waals surface area contributed by atoms with Gasteiger partial charge in [-0.25, -0.2) is 14.2 Å². The highest BCUT2D eigenvalue weighted by Crippen LogP contribution is 2.30. The van der Waals surface area contributed by atoms with Crippen LogP contribution in [0.5, 0.6) is 0 Å². The highest BCUT2D eigenvalue weighted by molar-refractivity contribution is 5.91. The molecule has 3 aromatic rings. The fourth-order valence-electron chi connectivity index (χ4n) is 4.67. The van der Waals surface area contributed by atoms with Gasteiger partial charge in [-0.1, -0.05) is 26.0 Å². The molecule has 0 spiro atoms. The molecule has 2 aromatic heterocycles. The number of aliphatic hydroxyl groups excluding tert-OH is 1. The van der Waals surface area contributed by atoms with Gasteiger partial charge in [0.1, 0.15) is 11.6 Å². The zero-order valence-corrected chi connectivity index (χ0v) is 22.5. The lowest BCUT2D eigenvalue weighted by atomic mass is 9.91. The molecule has 0 unspecified atom stereocenters. The summed E-state index contributed by atoms with van der Waals surface area (Å²) in [6, 6.07) is 8.27. The number of fused-ring (bicyclic) bond motifs is 1. The summed E-state index contributed by atoms with van der Waals surface area (Å²) in [7, 11) is 0. The number of anilines is 2. The van der Waals surface area contributed by atoms with Crippen molar-refractivity contribution in [2.75, 3.05) is 17.2 Å². The van der Waals surface area contributed by atoms with Crippen LogP contribution < -0.4 is 21.3 Å². The standard InChI is InChI=1S/C28H38FN7O2/c1-16(2)24(15-37)34-28(38)33-22-10-8-21(9-11-22)32-26-23-13-19(18-6-5-7-20(29)12-18)14-30-25(23)35-27(36-26)31-17(3)4/h5-7,12-14,16-17,21-22,24,37H,8-11,15H2,1-4H3,(H2,33,34,38)(H2,30,31,32,35,36)/t21?,22?,24-/m0/s1. The van der Waals surface area contributed by atoms with Crippen molar-refractivity contribution in [2.24, 2.45) is 5.92 Å². The number of aliphatic hydroxyl groups is 1. The van der Waals surface area contributed by atoms with Gasteiger partial charge in [0.2, 0.25) is 5.95 Å². The zero-order valence-electron chi connectivity index (χ0n) is 22.5. The van der Waals surface area contributed by atoms with Gasteiger partial charge in [-0.15, -0.1) is 0 Å². The quantitative estimate of drug-likeness (QED) is 0.276. The van der Waals surface area contributed by atoms with Gasteiger partial charge in [-0.3, -0.25) is 0 Å². The average molecular weight is 524 g/mol. The number of pyridine rings is 1. The summed E-state index contributed by atoms with van der Waals surface area (Å²) in [5.74, 6) is 1.03. The highest BCUT2D eigenvalue weighted by Gasteiger charge is 2.25. The first-order valence-electron chi connectivity index (χ1n) is 13.4. The summed E-state index contributed by atoms with van der Waals surface area (Å²) in [5.41, 5.74) is 2.08. The Kier molecular flexibility index (Phi) is 8.93. The first kappa shape index (κ1) is 27.5. The van der Waals surface area contributed by atoms with Gasteiger partial charge in [-0.2, -0.15) is 9.97 Å². The number of carbonyl (C=O) groups excluding carboxylic acids is 1. The van der Waals surface area contributed by atoms with E-state index < -0.39 is 0 Å². The van der Waals surface area contributed by atoms with E-state index in [0.29, 0.717) is 17.4 Å². The van der Waals surface area contributed by atoms with E-state index in [1.807, 2.05) is 39.8 Å². The third kappa shape index (κ3) is 7.06. The fourth-order valence-corrected chi connectivity index (χ4v) is 4.67. The van der Waals surface area contributed by atoms with Crippen LogP contribution in [0.1, 0.15) is 53.4 Å². The van der Waals surface area contributed by atoms with Crippen LogP contribution in [0.4, 0.5) is 21.0 Å². The molecule has 0 saturated heterocycles. The number of hydrogen-bond acceptors (Lipinski definition) is 7. The third-order valence-electron chi connectivity index (χ3n) is 6.85. The van der Waals surface area contributed by atoms with Crippen LogP contribution in [0.25, 0.3) is 22.2 Å². The Labute approximate surface area is 223 Å². The molecule has 204 valence electrons. The second-order valence-electron chi connectivity index (χ2n) is 10.6. The van der Waals surface area contributed by atoms with E-state index in [0.717, 1.165) is 42.2 Å². The Morgan fingerprint density at radius 2 is 1.79 bits per heavy atom. The number of urea groups is 1. The number of carbonyl (C=O) groups is 1. The molecular weight excluding hydrogens is 485 g/mol. The smallest absolute Gasteiger partial charge is 0.315 e. The number of rotatable bonds is 9. The van der Waals surface area contributed by atoms with E-state index in [2.05, 4.69) is 31.2 Å². The second kappa shape index (κ2) is 12.3. The van der Waals surface area contributed by atoms with Crippen molar-refractivity contribution in [1.82, 2.24) is 25.6 Å². The number of halogens is 1. The lowest BCUT2D eigenvalue weighted by Crippen LogP contribution is -2.50. The molecule has 0 bridgehead atoms. The van der Waals surface area contributed by atoms with Gasteiger partial charge in [0.15, 0.2) is 5.65 Å². The molecule has 0 radical (unpaired) electrons. The Morgan fingerprint density at radius 3 is 2.45 bits per heavy atom. The monoisotopic (exact) mass is 523 g/mol. The van der Waals surface area contributed by atoms with Gasteiger partial charge in [0.25, 0.3) is 0 Å². The summed E-state index contributed by atoms with van der Waals surface area (Å²) in [6.45, 7) is 7.89. The average Bonchev–Trinajstić information content (AvgIpc) is 2.87. The molecule has 1 aliphatic carbocycles. The van der Waals surface area contributed by atoms with E-state index >= 15 is 0 Å². The molecule has 2 amide bonds. The molecule has 1 aromatic carbocycles. The lowest BCUT2D eigenvalue weighted by molar-refractivity contribution is 0.194. The molecule has 38 heavy (non-hydrogen) atoms. The molecule has 0 aliphatic heterocycles. The second-order valence-corrected chi connectivity index (χ2v) is 10.6. The first-order chi connectivity index (χ1) is 18.2. The largest absolute Gasteiger partial charge is 0.394 e. The van der Waals surface area contributed by atoms with Crippen molar-refractivity contribution < 1.29 is 14.3 Å². The van der Waals surface area contributed by atoms with Gasteiger partial charge >= 0.3 is 6.03 Å². The molecule has 4 rings (SSSR count). The van der Waals surface area contributed by atoms with Crippen LogP contribution in [-0.2, 0) is 0 Å². The van der Waals surface area contributed by atoms with Crippen LogP contribution in [0.2, 0.25) is 0 Å². The van der Waals surface area contributed by atoms with Crippen molar-refractivity contribution in [2.45, 2.75) is 77.5 Å². The van der Waals surface area contributed by atoms with E-state index in [1.165, 1.54) is 12.1 Å². The topological polar surface area (TPSA) is 124 Å². The molecule has 2 heterocycles. The predicted molar refractivity (Wildman–Crippen MR) is 149 cm³/mol. The van der Waals surface area contributed by atoms with Crippen molar-refractivity contribution in [3.05, 3.63) is 42.3 Å². The van der Waals surface area contributed by atoms with Crippen molar-refractivity contribution in [3.8, 4) is 11.1 Å². The maximum Gasteiger partial charge on any atom is 0.315 e. The summed E-state index contributed by atoms with van der Waals surface area (Å²) >= 11 is 0. The normalized spacial score (nSPS) is 18.4. The van der Waals surface area contributed by atoms with Crippen molar-refractivity contribution in [3.63, 3.8) is 0 Å². The summed E-state index contributed by atoms with van der Waals surface area (Å²) in [5, 5.41) is 23.0. The number of aromatic nitrogens is 3. The van der Waals surface area contributed by atoms with Gasteiger partial charge < -0.3 is 26.4 Å². The lowest BCUT2D eigenvalue weighted by Gasteiger charge is -2.31. The molecule has 1 fully saturated rings. The minimum Gasteiger partial charge on any atom is -0.394 e. The van der Waals surface area contributed by atoms with E-state index in [1.54, 1.807) is 12.3 Å². The molecular formula is C28H38FN7O2. The number of nitrogens with zero attached hydrogens (tertiary/aromatic N) is 3. The molecule has 1 atom stereocenters. The van der Waals surface area contributed by atoms with Crippen molar-refractivity contribution >= 4 is 28.8 Å². The van der Waals surface area contributed by atoms with E-state index in [-0.39, 0.29) is 48.5 Å². The molecule has 5 N–H and O–H groups in total. The predicted octanol–water partition coefficient (Wildman–Crippen LogP) is 4.69. The van der Waals surface area contributed by atoms with Gasteiger partial charge in [0.05, 0.1) is 18.0 Å². The Hall–Kier alpha value is -3.53. The number of nitrogens with one attached hydrogen (secondary N) is 4. The van der Waals surface area contributed by atoms with Gasteiger partial charge in [0, 0.05) is 29.9 Å². The summed E-state index contributed by atoms with van der Waals surface area (Å²) in [6.07, 6.45) is 5.06. The zero-order chi connectivity index (χ0) is 27.2. The maximum atomic E-state index is 13.8. The number of amides is 2. The Morgan fingerprint density at radius 1 is 1.05 bits per heavy atom. The van der Waals surface area contributed by atoms with E-state index in [9.17, 15) is 14.3 Å². The van der Waals surface area contributed by atoms with Crippen LogP contribution >= 0.6 is 0 Å². The molecule has 10 heteroatoms. The minimum atomic E-state index is -0.302. The van der Waals surface area contributed by atoms with Gasteiger partial charge in [-0.05, 0) is 69.2 Å². The minimum absolute atomic E-state index is 0.0705.